The highest BCUT2D eigenvalue weighted by molar-refractivity contribution is 5.42. The molecule has 5 nitrogen and oxygen atoms in total. The number of nitrogens with one attached hydrogen (secondary N) is 2. The van der Waals surface area contributed by atoms with E-state index < -0.39 is 0 Å². The summed E-state index contributed by atoms with van der Waals surface area (Å²) >= 11 is 0. The molecule has 2 rings (SSSR count). The number of pyridine rings is 1. The van der Waals surface area contributed by atoms with Gasteiger partial charge in [0, 0.05) is 24.9 Å². The summed E-state index contributed by atoms with van der Waals surface area (Å²) in [7, 11) is 0. The Balaban J connectivity index is 1.83. The molecular formula is C11H11N5. The highest BCUT2D eigenvalue weighted by Gasteiger charge is 1.96. The van der Waals surface area contributed by atoms with Crippen molar-refractivity contribution in [2.45, 2.75) is 6.42 Å². The molecule has 0 saturated carbocycles. The number of hydrogen-bond acceptors (Lipinski definition) is 4. The van der Waals surface area contributed by atoms with E-state index in [2.05, 4.69) is 20.3 Å². The Hall–Kier alpha value is -2.35. The molecule has 16 heavy (non-hydrogen) atoms. The van der Waals surface area contributed by atoms with E-state index in [0.29, 0.717) is 5.69 Å². The summed E-state index contributed by atoms with van der Waals surface area (Å²) < 4.78 is 0. The monoisotopic (exact) mass is 213 g/mol. The quantitative estimate of drug-likeness (QED) is 0.803. The molecule has 2 N–H and O–H groups in total. The van der Waals surface area contributed by atoms with Gasteiger partial charge in [0.1, 0.15) is 11.8 Å². The Kier molecular flexibility index (Phi) is 3.14. The number of hydrogen-bond donors (Lipinski definition) is 2. The summed E-state index contributed by atoms with van der Waals surface area (Å²) in [5.41, 5.74) is 2.44. The van der Waals surface area contributed by atoms with Gasteiger partial charge >= 0.3 is 0 Å². The Labute approximate surface area is 93.2 Å². The fraction of sp³-hybridized carbons (Fsp3) is 0.182. The molecule has 80 valence electrons. The van der Waals surface area contributed by atoms with Gasteiger partial charge in [0.25, 0.3) is 0 Å². The molecule has 5 heteroatoms. The van der Waals surface area contributed by atoms with Crippen molar-refractivity contribution in [3.05, 3.63) is 42.2 Å². The number of H-pyrrole nitrogens is 1. The van der Waals surface area contributed by atoms with Crippen LogP contribution in [0.5, 0.6) is 0 Å². The van der Waals surface area contributed by atoms with Crippen molar-refractivity contribution >= 4 is 5.69 Å². The van der Waals surface area contributed by atoms with Crippen LogP contribution in [0.25, 0.3) is 0 Å². The summed E-state index contributed by atoms with van der Waals surface area (Å²) in [5.74, 6) is 0. The molecule has 0 bridgehead atoms. The van der Waals surface area contributed by atoms with Crippen LogP contribution >= 0.6 is 0 Å². The molecule has 0 fully saturated rings. The van der Waals surface area contributed by atoms with Crippen LogP contribution < -0.4 is 5.32 Å². The SMILES string of the molecule is N#Cc1ccc(NCCc2cnc[nH]2)cn1. The van der Waals surface area contributed by atoms with Crippen molar-refractivity contribution in [2.75, 3.05) is 11.9 Å². The second kappa shape index (κ2) is 4.94. The van der Waals surface area contributed by atoms with E-state index in [1.165, 1.54) is 0 Å². The molecule has 0 unspecified atom stereocenters. The topological polar surface area (TPSA) is 77.4 Å². The molecule has 2 aromatic heterocycles. The molecule has 0 aromatic carbocycles. The summed E-state index contributed by atoms with van der Waals surface area (Å²) in [6.07, 6.45) is 6.00. The molecule has 0 amide bonds. The molecule has 2 heterocycles. The van der Waals surface area contributed by atoms with Crippen LogP contribution in [0, 0.1) is 11.3 Å². The van der Waals surface area contributed by atoms with Crippen molar-refractivity contribution in [1.29, 1.82) is 5.26 Å². The first-order chi connectivity index (χ1) is 7.88. The first-order valence-electron chi connectivity index (χ1n) is 4.96. The highest BCUT2D eigenvalue weighted by Crippen LogP contribution is 2.05. The van der Waals surface area contributed by atoms with Crippen molar-refractivity contribution < 1.29 is 0 Å². The van der Waals surface area contributed by atoms with Crippen LogP contribution in [0.1, 0.15) is 11.4 Å². The Morgan fingerprint density at radius 2 is 2.31 bits per heavy atom. The summed E-state index contributed by atoms with van der Waals surface area (Å²) in [6, 6.07) is 5.52. The summed E-state index contributed by atoms with van der Waals surface area (Å²) in [5, 5.41) is 11.8. The molecule has 0 aliphatic rings. The van der Waals surface area contributed by atoms with E-state index in [1.807, 2.05) is 12.1 Å². The number of nitrogens with zero attached hydrogens (tertiary/aromatic N) is 3. The maximum absolute atomic E-state index is 8.59. The van der Waals surface area contributed by atoms with Gasteiger partial charge in [-0.15, -0.1) is 0 Å². The van der Waals surface area contributed by atoms with E-state index >= 15 is 0 Å². The standard InChI is InChI=1S/C11H11N5/c12-5-9-1-2-10(7-15-9)14-4-3-11-6-13-8-16-11/h1-2,6-8,14H,3-4H2,(H,13,16). The maximum atomic E-state index is 8.59. The zero-order valence-electron chi connectivity index (χ0n) is 8.64. The van der Waals surface area contributed by atoms with Gasteiger partial charge < -0.3 is 10.3 Å². The van der Waals surface area contributed by atoms with Crippen molar-refractivity contribution in [1.82, 2.24) is 15.0 Å². The van der Waals surface area contributed by atoms with Crippen LogP contribution in [0.4, 0.5) is 5.69 Å². The maximum Gasteiger partial charge on any atom is 0.140 e. The molecule has 0 saturated heterocycles. The summed E-state index contributed by atoms with van der Waals surface area (Å²) in [4.78, 5) is 10.9. The number of anilines is 1. The molecule has 0 aliphatic heterocycles. The highest BCUT2D eigenvalue weighted by atomic mass is 14.9. The largest absolute Gasteiger partial charge is 0.383 e. The fourth-order valence-electron chi connectivity index (χ4n) is 1.33. The second-order valence-electron chi connectivity index (χ2n) is 3.30. The number of aromatic amines is 1. The van der Waals surface area contributed by atoms with Crippen LogP contribution in [0.3, 0.4) is 0 Å². The lowest BCUT2D eigenvalue weighted by Gasteiger charge is -2.04. The molecular weight excluding hydrogens is 202 g/mol. The number of nitriles is 1. The van der Waals surface area contributed by atoms with Crippen molar-refractivity contribution in [2.24, 2.45) is 0 Å². The predicted octanol–water partition coefficient (Wildman–Crippen LogP) is 1.33. The lowest BCUT2D eigenvalue weighted by molar-refractivity contribution is 0.975. The molecule has 0 spiro atoms. The van der Waals surface area contributed by atoms with E-state index in [0.717, 1.165) is 24.3 Å². The molecule has 0 aliphatic carbocycles. The normalized spacial score (nSPS) is 9.69. The first-order valence-corrected chi connectivity index (χ1v) is 4.96. The average Bonchev–Trinajstić information content (AvgIpc) is 2.83. The first kappa shape index (κ1) is 10.2. The lowest BCUT2D eigenvalue weighted by Crippen LogP contribution is -2.05. The van der Waals surface area contributed by atoms with Gasteiger partial charge in [0.2, 0.25) is 0 Å². The van der Waals surface area contributed by atoms with Gasteiger partial charge in [0.05, 0.1) is 18.2 Å². The van der Waals surface area contributed by atoms with Gasteiger partial charge in [-0.05, 0) is 12.1 Å². The minimum absolute atomic E-state index is 0.430. The molecule has 0 radical (unpaired) electrons. The third-order valence-corrected chi connectivity index (χ3v) is 2.16. The minimum atomic E-state index is 0.430. The van der Waals surface area contributed by atoms with Gasteiger partial charge in [-0.25, -0.2) is 9.97 Å². The third kappa shape index (κ3) is 2.58. The zero-order valence-corrected chi connectivity index (χ0v) is 8.64. The Morgan fingerprint density at radius 1 is 1.38 bits per heavy atom. The van der Waals surface area contributed by atoms with E-state index in [9.17, 15) is 0 Å². The minimum Gasteiger partial charge on any atom is -0.383 e. The Morgan fingerprint density at radius 3 is 2.94 bits per heavy atom. The van der Waals surface area contributed by atoms with E-state index in [4.69, 9.17) is 5.26 Å². The van der Waals surface area contributed by atoms with E-state index in [-0.39, 0.29) is 0 Å². The number of imidazole rings is 1. The molecule has 2 aromatic rings. The van der Waals surface area contributed by atoms with Gasteiger partial charge in [-0.2, -0.15) is 5.26 Å². The Bertz CT molecular complexity index is 466. The smallest absolute Gasteiger partial charge is 0.140 e. The van der Waals surface area contributed by atoms with E-state index in [1.54, 1.807) is 24.8 Å². The molecule has 0 atom stereocenters. The van der Waals surface area contributed by atoms with Crippen LogP contribution in [-0.2, 0) is 6.42 Å². The van der Waals surface area contributed by atoms with Gasteiger partial charge in [0.15, 0.2) is 0 Å². The van der Waals surface area contributed by atoms with Crippen molar-refractivity contribution in [3.8, 4) is 6.07 Å². The number of aromatic nitrogens is 3. The van der Waals surface area contributed by atoms with Gasteiger partial charge in [-0.3, -0.25) is 0 Å². The second-order valence-corrected chi connectivity index (χ2v) is 3.30. The van der Waals surface area contributed by atoms with Crippen LogP contribution in [0.2, 0.25) is 0 Å². The average molecular weight is 213 g/mol. The van der Waals surface area contributed by atoms with Crippen LogP contribution in [0.15, 0.2) is 30.9 Å². The number of rotatable bonds is 4. The fourth-order valence-corrected chi connectivity index (χ4v) is 1.33. The lowest BCUT2D eigenvalue weighted by atomic mass is 10.3. The van der Waals surface area contributed by atoms with Crippen LogP contribution in [-0.4, -0.2) is 21.5 Å². The van der Waals surface area contributed by atoms with Crippen molar-refractivity contribution in [3.63, 3.8) is 0 Å². The third-order valence-electron chi connectivity index (χ3n) is 2.16. The van der Waals surface area contributed by atoms with Gasteiger partial charge in [-0.1, -0.05) is 0 Å². The predicted molar refractivity (Wildman–Crippen MR) is 59.7 cm³/mol. The zero-order chi connectivity index (χ0) is 11.2. The summed E-state index contributed by atoms with van der Waals surface area (Å²) in [6.45, 7) is 0.801.